The van der Waals surface area contributed by atoms with Crippen LogP contribution in [-0.4, -0.2) is 21.6 Å². The van der Waals surface area contributed by atoms with Gasteiger partial charge in [0.25, 0.3) is 0 Å². The molecular weight excluding hydrogens is 452 g/mol. The molecule has 0 aromatic carbocycles. The standard InChI is InChI=1S/C21H28N4.C12H14/c1-5-8-9-17-14-23-25-20(17)24-19(18(7-3)21(25)22-4)16-12-10-15(6-2)11-13-16;1-4-11(3)12-8-6-5-7-10(2)9-12/h1,7,14-16,22H,3,6,8-13H2,2,4H3;4-7,9H,1-3H3/b;11-4+. The Morgan fingerprint density at radius 2 is 2.08 bits per heavy atom. The summed E-state index contributed by atoms with van der Waals surface area (Å²) in [5.74, 6) is 5.06. The average Bonchev–Trinajstić information content (AvgIpc) is 3.21. The van der Waals surface area contributed by atoms with Crippen LogP contribution in [0.4, 0.5) is 5.82 Å². The van der Waals surface area contributed by atoms with Gasteiger partial charge in [-0.25, -0.2) is 4.98 Å². The van der Waals surface area contributed by atoms with Gasteiger partial charge in [-0.2, -0.15) is 9.61 Å². The molecule has 194 valence electrons. The second-order valence-corrected chi connectivity index (χ2v) is 9.89. The van der Waals surface area contributed by atoms with E-state index >= 15 is 0 Å². The largest absolute Gasteiger partial charge is 0.372 e. The number of hydrogen-bond donors (Lipinski definition) is 1. The maximum atomic E-state index is 5.44. The molecule has 4 rings (SSSR count). The summed E-state index contributed by atoms with van der Waals surface area (Å²) in [5, 5.41) is 7.85. The van der Waals surface area contributed by atoms with Gasteiger partial charge in [-0.05, 0) is 82.1 Å². The fourth-order valence-electron chi connectivity index (χ4n) is 5.09. The Morgan fingerprint density at radius 1 is 1.32 bits per heavy atom. The van der Waals surface area contributed by atoms with Crippen LogP contribution in [0.1, 0.15) is 89.0 Å². The maximum absolute atomic E-state index is 5.44. The van der Waals surface area contributed by atoms with Crippen molar-refractivity contribution in [2.75, 3.05) is 12.4 Å². The monoisotopic (exact) mass is 494 g/mol. The van der Waals surface area contributed by atoms with Crippen molar-refractivity contribution in [2.45, 2.75) is 78.6 Å². The second-order valence-electron chi connectivity index (χ2n) is 9.89. The molecule has 4 nitrogen and oxygen atoms in total. The first kappa shape index (κ1) is 28.0. The number of nitrogens with zero attached hydrogens (tertiary/aromatic N) is 3. The summed E-state index contributed by atoms with van der Waals surface area (Å²) in [7, 11) is 1.93. The first-order chi connectivity index (χ1) is 18.0. The molecule has 2 aliphatic rings. The molecule has 4 heteroatoms. The number of allylic oxidation sites excluding steroid dienone is 7. The normalized spacial score (nSPS) is 19.3. The summed E-state index contributed by atoms with van der Waals surface area (Å²) in [6.07, 6.45) is 27.4. The molecule has 2 aromatic heterocycles. The molecule has 2 aromatic rings. The van der Waals surface area contributed by atoms with Gasteiger partial charge in [-0.3, -0.25) is 0 Å². The number of terminal acetylenes is 1. The van der Waals surface area contributed by atoms with Crippen LogP contribution in [0.2, 0.25) is 0 Å². The van der Waals surface area contributed by atoms with E-state index < -0.39 is 0 Å². The highest BCUT2D eigenvalue weighted by Crippen LogP contribution is 2.39. The van der Waals surface area contributed by atoms with Gasteiger partial charge < -0.3 is 5.32 Å². The van der Waals surface area contributed by atoms with Crippen molar-refractivity contribution < 1.29 is 0 Å². The molecule has 1 saturated carbocycles. The van der Waals surface area contributed by atoms with Crippen LogP contribution in [0, 0.1) is 18.3 Å². The van der Waals surface area contributed by atoms with Gasteiger partial charge in [-0.15, -0.1) is 18.1 Å². The molecule has 0 amide bonds. The molecule has 0 spiro atoms. The zero-order valence-electron chi connectivity index (χ0n) is 23.3. The fraction of sp³-hybridized carbons (Fsp3) is 0.424. The topological polar surface area (TPSA) is 42.2 Å². The molecule has 0 atom stereocenters. The fourth-order valence-corrected chi connectivity index (χ4v) is 5.09. The van der Waals surface area contributed by atoms with Crippen LogP contribution in [-0.2, 0) is 6.42 Å². The molecule has 1 fully saturated rings. The summed E-state index contributed by atoms with van der Waals surface area (Å²) < 4.78 is 1.89. The van der Waals surface area contributed by atoms with Crippen molar-refractivity contribution in [3.63, 3.8) is 0 Å². The zero-order chi connectivity index (χ0) is 26.8. The van der Waals surface area contributed by atoms with E-state index in [4.69, 9.17) is 11.4 Å². The summed E-state index contributed by atoms with van der Waals surface area (Å²) in [5.41, 5.74) is 11.2. The highest BCUT2D eigenvalue weighted by Gasteiger charge is 2.26. The predicted molar refractivity (Wildman–Crippen MR) is 159 cm³/mol. The second kappa shape index (κ2) is 13.7. The van der Waals surface area contributed by atoms with Crippen molar-refractivity contribution in [3.8, 4) is 12.3 Å². The molecule has 1 N–H and O–H groups in total. The minimum atomic E-state index is 0.503. The van der Waals surface area contributed by atoms with E-state index in [2.05, 4.69) is 67.6 Å². The molecule has 0 bridgehead atoms. The Kier molecular flexibility index (Phi) is 10.4. The van der Waals surface area contributed by atoms with Gasteiger partial charge in [-0.1, -0.05) is 44.2 Å². The van der Waals surface area contributed by atoms with Gasteiger partial charge in [0.1, 0.15) is 5.82 Å². The number of rotatable bonds is 7. The first-order valence-electron chi connectivity index (χ1n) is 13.6. The smallest absolute Gasteiger partial charge is 0.160 e. The summed E-state index contributed by atoms with van der Waals surface area (Å²) in [6, 6.07) is 0. The molecule has 0 saturated heterocycles. The average molecular weight is 495 g/mol. The maximum Gasteiger partial charge on any atom is 0.160 e. The summed E-state index contributed by atoms with van der Waals surface area (Å²) in [4.78, 5) is 5.06. The number of aromatic nitrogens is 3. The lowest BCUT2D eigenvalue weighted by Gasteiger charge is -2.29. The quantitative estimate of drug-likeness (QED) is 0.311. The Balaban J connectivity index is 0.000000266. The Bertz CT molecular complexity index is 1290. The summed E-state index contributed by atoms with van der Waals surface area (Å²) in [6.45, 7) is 12.6. The van der Waals surface area contributed by atoms with Crippen LogP contribution >= 0.6 is 0 Å². The third kappa shape index (κ3) is 6.82. The minimum absolute atomic E-state index is 0.503. The molecule has 2 heterocycles. The highest BCUT2D eigenvalue weighted by molar-refractivity contribution is 5.69. The SMILES string of the molecule is C#CCCc1cnn2c(NC)c(C=C)c(C3CCC(CC)CC3)nc12.C/C=C(\C)C1=C=CC=CC(C)=C1. The molecule has 37 heavy (non-hydrogen) atoms. The summed E-state index contributed by atoms with van der Waals surface area (Å²) >= 11 is 0. The van der Waals surface area contributed by atoms with Crippen LogP contribution in [0.25, 0.3) is 11.7 Å². The molecule has 0 radical (unpaired) electrons. The Labute approximate surface area is 223 Å². The van der Waals surface area contributed by atoms with Gasteiger partial charge in [0.15, 0.2) is 5.65 Å². The number of anilines is 1. The van der Waals surface area contributed by atoms with Crippen LogP contribution in [0.5, 0.6) is 0 Å². The lowest BCUT2D eigenvalue weighted by atomic mass is 9.78. The van der Waals surface area contributed by atoms with Crippen molar-refractivity contribution in [2.24, 2.45) is 5.92 Å². The van der Waals surface area contributed by atoms with Gasteiger partial charge in [0.05, 0.1) is 11.9 Å². The zero-order valence-corrected chi connectivity index (χ0v) is 23.3. The highest BCUT2D eigenvalue weighted by atomic mass is 15.3. The lowest BCUT2D eigenvalue weighted by Crippen LogP contribution is -2.17. The number of fused-ring (bicyclic) bond motifs is 1. The van der Waals surface area contributed by atoms with Crippen molar-refractivity contribution in [1.82, 2.24) is 14.6 Å². The van der Waals surface area contributed by atoms with Crippen LogP contribution < -0.4 is 5.32 Å². The van der Waals surface area contributed by atoms with E-state index in [1.54, 1.807) is 0 Å². The first-order valence-corrected chi connectivity index (χ1v) is 13.6. The lowest BCUT2D eigenvalue weighted by molar-refractivity contribution is 0.315. The van der Waals surface area contributed by atoms with Crippen molar-refractivity contribution in [3.05, 3.63) is 82.4 Å². The van der Waals surface area contributed by atoms with Gasteiger partial charge >= 0.3 is 0 Å². The van der Waals surface area contributed by atoms with E-state index in [1.807, 2.05) is 42.9 Å². The third-order valence-electron chi connectivity index (χ3n) is 7.50. The van der Waals surface area contributed by atoms with E-state index in [1.165, 1.54) is 54.5 Å². The van der Waals surface area contributed by atoms with Crippen molar-refractivity contribution in [1.29, 1.82) is 0 Å². The van der Waals surface area contributed by atoms with E-state index in [-0.39, 0.29) is 0 Å². The predicted octanol–water partition coefficient (Wildman–Crippen LogP) is 8.21. The Morgan fingerprint density at radius 3 is 2.70 bits per heavy atom. The Hall–Kier alpha value is -3.54. The van der Waals surface area contributed by atoms with Gasteiger partial charge in [0, 0.05) is 36.1 Å². The molecule has 0 unspecified atom stereocenters. The van der Waals surface area contributed by atoms with Crippen LogP contribution in [0.3, 0.4) is 0 Å². The number of nitrogens with one attached hydrogen (secondary N) is 1. The van der Waals surface area contributed by atoms with Gasteiger partial charge in [0.2, 0.25) is 0 Å². The molecule has 2 aliphatic carbocycles. The van der Waals surface area contributed by atoms with Crippen LogP contribution in [0.15, 0.2) is 65.6 Å². The van der Waals surface area contributed by atoms with Crippen molar-refractivity contribution >= 4 is 17.5 Å². The number of aryl methyl sites for hydroxylation is 1. The number of hydrogen-bond acceptors (Lipinski definition) is 3. The molecular formula is C33H42N4. The van der Waals surface area contributed by atoms with E-state index in [0.29, 0.717) is 12.3 Å². The van der Waals surface area contributed by atoms with E-state index in [9.17, 15) is 0 Å². The minimum Gasteiger partial charge on any atom is -0.372 e. The molecule has 0 aliphatic heterocycles. The third-order valence-corrected chi connectivity index (χ3v) is 7.50. The van der Waals surface area contributed by atoms with E-state index in [0.717, 1.165) is 34.9 Å².